The van der Waals surface area contributed by atoms with Gasteiger partial charge in [0.25, 0.3) is 0 Å². The number of ether oxygens (including phenoxy) is 2. The average Bonchev–Trinajstić information content (AvgIpc) is 2.69. The number of amides is 1. The van der Waals surface area contributed by atoms with Crippen molar-refractivity contribution in [2.45, 2.75) is 70.7 Å². The number of hydrogen-bond donors (Lipinski definition) is 0. The summed E-state index contributed by atoms with van der Waals surface area (Å²) >= 11 is 12.5. The van der Waals surface area contributed by atoms with Crippen LogP contribution in [0.5, 0.6) is 0 Å². The third-order valence-electron chi connectivity index (χ3n) is 6.39. The van der Waals surface area contributed by atoms with Crippen molar-refractivity contribution >= 4 is 37.6 Å². The molecule has 0 spiro atoms. The lowest BCUT2D eigenvalue weighted by atomic mass is 9.88. The Labute approximate surface area is 198 Å². The van der Waals surface area contributed by atoms with Crippen molar-refractivity contribution < 1.29 is 18.7 Å². The molecule has 5 nitrogen and oxygen atoms in total. The molecule has 176 valence electrons. The Balaban J connectivity index is 2.24. The fourth-order valence-corrected chi connectivity index (χ4v) is 4.62. The Bertz CT molecular complexity index is 754. The van der Waals surface area contributed by atoms with E-state index in [0.717, 1.165) is 18.4 Å². The van der Waals surface area contributed by atoms with E-state index in [2.05, 4.69) is 40.8 Å². The first kappa shape index (κ1) is 26.5. The highest BCUT2D eigenvalue weighted by Crippen LogP contribution is 2.39. The van der Waals surface area contributed by atoms with Gasteiger partial charge in [-0.1, -0.05) is 63.4 Å². The largest absolute Gasteiger partial charge is 0.449 e. The van der Waals surface area contributed by atoms with Crippen LogP contribution in [0.1, 0.15) is 52.5 Å². The lowest BCUT2D eigenvalue weighted by Crippen LogP contribution is -2.53. The van der Waals surface area contributed by atoms with Gasteiger partial charge in [0.1, 0.15) is 5.60 Å². The molecule has 1 unspecified atom stereocenters. The van der Waals surface area contributed by atoms with Gasteiger partial charge in [-0.15, -0.1) is 0 Å². The molecule has 31 heavy (non-hydrogen) atoms. The Morgan fingerprint density at radius 3 is 2.55 bits per heavy atom. The van der Waals surface area contributed by atoms with Crippen molar-refractivity contribution in [3.8, 4) is 0 Å². The molecule has 1 heterocycles. The predicted molar refractivity (Wildman–Crippen MR) is 130 cm³/mol. The number of halogens is 2. The summed E-state index contributed by atoms with van der Waals surface area (Å²) in [6.07, 6.45) is 2.14. The van der Waals surface area contributed by atoms with Crippen LogP contribution >= 0.6 is 23.2 Å². The summed E-state index contributed by atoms with van der Waals surface area (Å²) in [7, 11) is -1.91. The quantitative estimate of drug-likeness (QED) is 0.295. The molecule has 1 aliphatic heterocycles. The van der Waals surface area contributed by atoms with Crippen molar-refractivity contribution in [2.75, 3.05) is 32.9 Å². The van der Waals surface area contributed by atoms with Crippen LogP contribution in [0.2, 0.25) is 28.2 Å². The van der Waals surface area contributed by atoms with Crippen LogP contribution in [-0.4, -0.2) is 52.2 Å². The van der Waals surface area contributed by atoms with E-state index in [-0.39, 0.29) is 11.1 Å². The van der Waals surface area contributed by atoms with Gasteiger partial charge in [0.15, 0.2) is 8.32 Å². The minimum Gasteiger partial charge on any atom is -0.449 e. The molecule has 1 aromatic carbocycles. The van der Waals surface area contributed by atoms with Gasteiger partial charge in [0, 0.05) is 19.6 Å². The molecule has 0 saturated carbocycles. The third-order valence-corrected chi connectivity index (χ3v) is 11.7. The van der Waals surface area contributed by atoms with E-state index in [9.17, 15) is 4.79 Å². The van der Waals surface area contributed by atoms with E-state index >= 15 is 0 Å². The number of unbranched alkanes of at least 4 members (excludes halogenated alkanes) is 1. The lowest BCUT2D eigenvalue weighted by Gasteiger charge is -2.44. The molecular weight excluding hydrogens is 453 g/mol. The maximum Gasteiger partial charge on any atom is 0.409 e. The Morgan fingerprint density at radius 1 is 1.23 bits per heavy atom. The van der Waals surface area contributed by atoms with Crippen molar-refractivity contribution in [3.05, 3.63) is 33.8 Å². The van der Waals surface area contributed by atoms with E-state index in [4.69, 9.17) is 37.1 Å². The molecule has 8 heteroatoms. The van der Waals surface area contributed by atoms with Crippen molar-refractivity contribution in [1.29, 1.82) is 0 Å². The topological polar surface area (TPSA) is 48.0 Å². The Morgan fingerprint density at radius 2 is 1.94 bits per heavy atom. The first-order valence-electron chi connectivity index (χ1n) is 11.1. The average molecular weight is 491 g/mol. The normalized spacial score (nSPS) is 20.1. The molecule has 1 atom stereocenters. The van der Waals surface area contributed by atoms with Gasteiger partial charge in [0.05, 0.1) is 29.8 Å². The van der Waals surface area contributed by atoms with Crippen LogP contribution in [0.3, 0.4) is 0 Å². The van der Waals surface area contributed by atoms with Gasteiger partial charge in [-0.3, -0.25) is 0 Å². The summed E-state index contributed by atoms with van der Waals surface area (Å²) < 4.78 is 18.2. The summed E-state index contributed by atoms with van der Waals surface area (Å²) in [5, 5.41) is 1.08. The standard InChI is InChI=1S/C23H37Cl2NO4Si/c1-7-8-13-28-21(27)26-12-15-29-23(17-26,18-9-10-19(24)20(25)16-18)11-14-30-31(5,6)22(2,3)4/h9-10,16H,7-8,11-15,17H2,1-6H3. The zero-order chi connectivity index (χ0) is 23.3. The van der Waals surface area contributed by atoms with Gasteiger partial charge in [-0.2, -0.15) is 0 Å². The SMILES string of the molecule is CCCCOC(=O)N1CCOC(CCO[Si](C)(C)C(C)(C)C)(c2ccc(Cl)c(Cl)c2)C1. The molecule has 1 amide bonds. The van der Waals surface area contributed by atoms with Gasteiger partial charge in [-0.05, 0) is 42.2 Å². The van der Waals surface area contributed by atoms with Gasteiger partial charge >= 0.3 is 6.09 Å². The number of nitrogens with zero attached hydrogens (tertiary/aromatic N) is 1. The molecule has 1 aromatic rings. The van der Waals surface area contributed by atoms with Crippen molar-refractivity contribution in [3.63, 3.8) is 0 Å². The number of rotatable bonds is 8. The van der Waals surface area contributed by atoms with E-state index < -0.39 is 13.9 Å². The van der Waals surface area contributed by atoms with Crippen molar-refractivity contribution in [1.82, 2.24) is 4.90 Å². The van der Waals surface area contributed by atoms with Crippen LogP contribution < -0.4 is 0 Å². The van der Waals surface area contributed by atoms with E-state index in [1.54, 1.807) is 11.0 Å². The highest BCUT2D eigenvalue weighted by Gasteiger charge is 2.42. The van der Waals surface area contributed by atoms with Crippen LogP contribution in [0, 0.1) is 0 Å². The molecule has 0 radical (unpaired) electrons. The smallest absolute Gasteiger partial charge is 0.409 e. The minimum atomic E-state index is -1.91. The first-order chi connectivity index (χ1) is 14.4. The number of carbonyl (C=O) groups is 1. The number of benzene rings is 1. The molecule has 2 rings (SSSR count). The van der Waals surface area contributed by atoms with Crippen LogP contribution in [0.25, 0.3) is 0 Å². The minimum absolute atomic E-state index is 0.117. The van der Waals surface area contributed by atoms with E-state index in [0.29, 0.717) is 49.4 Å². The van der Waals surface area contributed by atoms with E-state index in [1.807, 2.05) is 12.1 Å². The van der Waals surface area contributed by atoms with E-state index in [1.165, 1.54) is 0 Å². The first-order valence-corrected chi connectivity index (χ1v) is 14.7. The molecular formula is C23H37Cl2NO4Si. The van der Waals surface area contributed by atoms with Crippen LogP contribution in [0.15, 0.2) is 18.2 Å². The highest BCUT2D eigenvalue weighted by molar-refractivity contribution is 6.74. The third kappa shape index (κ3) is 6.84. The van der Waals surface area contributed by atoms with Gasteiger partial charge in [0.2, 0.25) is 0 Å². The van der Waals surface area contributed by atoms with Crippen LogP contribution in [0.4, 0.5) is 4.79 Å². The second kappa shape index (κ2) is 10.9. The second-order valence-electron chi connectivity index (χ2n) is 9.72. The molecule has 1 fully saturated rings. The van der Waals surface area contributed by atoms with Crippen molar-refractivity contribution in [2.24, 2.45) is 0 Å². The van der Waals surface area contributed by atoms with Gasteiger partial charge in [-0.25, -0.2) is 4.79 Å². The number of morpholine rings is 1. The molecule has 0 aliphatic carbocycles. The Kier molecular flexibility index (Phi) is 9.29. The zero-order valence-corrected chi connectivity index (χ0v) is 22.2. The summed E-state index contributed by atoms with van der Waals surface area (Å²) in [6.45, 7) is 15.5. The monoisotopic (exact) mass is 489 g/mol. The second-order valence-corrected chi connectivity index (χ2v) is 15.3. The highest BCUT2D eigenvalue weighted by atomic mass is 35.5. The van der Waals surface area contributed by atoms with Gasteiger partial charge < -0.3 is 18.8 Å². The fraction of sp³-hybridized carbons (Fsp3) is 0.696. The number of carbonyl (C=O) groups excluding carboxylic acids is 1. The summed E-state index contributed by atoms with van der Waals surface area (Å²) in [4.78, 5) is 14.4. The van der Waals surface area contributed by atoms with Crippen LogP contribution in [-0.2, 0) is 19.5 Å². The fourth-order valence-electron chi connectivity index (χ4n) is 3.27. The summed E-state index contributed by atoms with van der Waals surface area (Å²) in [5.74, 6) is 0. The molecule has 0 bridgehead atoms. The predicted octanol–water partition coefficient (Wildman–Crippen LogP) is 6.87. The molecule has 0 N–H and O–H groups in total. The summed E-state index contributed by atoms with van der Waals surface area (Å²) in [5.41, 5.74) is 0.172. The Hall–Kier alpha value is -0.793. The maximum absolute atomic E-state index is 12.7. The summed E-state index contributed by atoms with van der Waals surface area (Å²) in [6, 6.07) is 5.53. The molecule has 1 aliphatic rings. The number of hydrogen-bond acceptors (Lipinski definition) is 4. The maximum atomic E-state index is 12.7. The molecule has 1 saturated heterocycles. The zero-order valence-electron chi connectivity index (χ0n) is 19.7. The molecule has 0 aromatic heterocycles. The lowest BCUT2D eigenvalue weighted by molar-refractivity contribution is -0.118.